The first-order valence-electron chi connectivity index (χ1n) is 14.0. The molecule has 1 aromatic heterocycles. The second kappa shape index (κ2) is 9.66. The first-order chi connectivity index (χ1) is 20.8. The van der Waals surface area contributed by atoms with Crippen molar-refractivity contribution in [3.63, 3.8) is 0 Å². The summed E-state index contributed by atoms with van der Waals surface area (Å²) in [4.78, 5) is 0. The Morgan fingerprint density at radius 2 is 1.07 bits per heavy atom. The molecule has 0 aliphatic heterocycles. The fourth-order valence-corrected chi connectivity index (χ4v) is 6.16. The van der Waals surface area contributed by atoms with Gasteiger partial charge in [-0.05, 0) is 63.9 Å². The van der Waals surface area contributed by atoms with Gasteiger partial charge in [0.25, 0.3) is 0 Å². The number of para-hydroxylation sites is 2. The predicted octanol–water partition coefficient (Wildman–Crippen LogP) is 10.8. The van der Waals surface area contributed by atoms with Crippen LogP contribution in [0.15, 0.2) is 144 Å². The molecule has 7 aromatic carbocycles. The van der Waals surface area contributed by atoms with Crippen LogP contribution in [0, 0.1) is 11.3 Å². The van der Waals surface area contributed by atoms with Crippen molar-refractivity contribution in [2.45, 2.75) is 0 Å². The molecule has 196 valence electrons. The van der Waals surface area contributed by atoms with E-state index in [4.69, 9.17) is 4.42 Å². The summed E-state index contributed by atoms with van der Waals surface area (Å²) in [6.45, 7) is 0. The second-order valence-corrected chi connectivity index (χ2v) is 10.5. The smallest absolute Gasteiger partial charge is 0.136 e. The van der Waals surface area contributed by atoms with Crippen LogP contribution in [0.4, 0.5) is 11.4 Å². The molecule has 42 heavy (non-hydrogen) atoms. The van der Waals surface area contributed by atoms with Gasteiger partial charge in [-0.15, -0.1) is 0 Å². The molecular weight excluding hydrogens is 512 g/mol. The SMILES string of the molecule is N#Cc1ccc(-c2c3ccccc3c(Nc3ccccc3-c3ccc4c(c3)oc3ccccc34)c3ccccc23)cc1. The standard InChI is InChI=1S/C39H24N2O/c40-24-25-17-19-26(20-18-25)38-31-11-1-3-13-33(31)39(34-14-4-2-12-32(34)38)41-35-15-7-5-9-28(35)27-21-22-30-29-10-6-8-16-36(29)42-37(30)23-27/h1-23,41H. The van der Waals surface area contributed by atoms with Gasteiger partial charge in [0.1, 0.15) is 11.2 Å². The minimum atomic E-state index is 0.656. The average molecular weight is 537 g/mol. The van der Waals surface area contributed by atoms with Crippen molar-refractivity contribution in [1.29, 1.82) is 5.26 Å². The number of anilines is 2. The fraction of sp³-hybridized carbons (Fsp3) is 0. The third-order valence-corrected chi connectivity index (χ3v) is 8.11. The number of furan rings is 1. The van der Waals surface area contributed by atoms with Gasteiger partial charge in [-0.2, -0.15) is 5.26 Å². The summed E-state index contributed by atoms with van der Waals surface area (Å²) in [5.41, 5.74) is 8.97. The van der Waals surface area contributed by atoms with E-state index in [1.165, 1.54) is 5.56 Å². The first kappa shape index (κ1) is 24.0. The zero-order chi connectivity index (χ0) is 28.0. The molecule has 0 unspecified atom stereocenters. The molecule has 3 nitrogen and oxygen atoms in total. The molecule has 0 bridgehead atoms. The number of nitrogens with zero attached hydrogens (tertiary/aromatic N) is 1. The van der Waals surface area contributed by atoms with Gasteiger partial charge < -0.3 is 9.73 Å². The third kappa shape index (κ3) is 3.82. The first-order valence-corrected chi connectivity index (χ1v) is 14.0. The van der Waals surface area contributed by atoms with Crippen LogP contribution in [0.1, 0.15) is 5.56 Å². The lowest BCUT2D eigenvalue weighted by molar-refractivity contribution is 0.669. The Morgan fingerprint density at radius 3 is 1.79 bits per heavy atom. The fourth-order valence-electron chi connectivity index (χ4n) is 6.16. The highest BCUT2D eigenvalue weighted by Crippen LogP contribution is 2.44. The van der Waals surface area contributed by atoms with Crippen LogP contribution in [-0.2, 0) is 0 Å². The van der Waals surface area contributed by atoms with Gasteiger partial charge in [0.05, 0.1) is 17.3 Å². The Kier molecular flexibility index (Phi) is 5.52. The summed E-state index contributed by atoms with van der Waals surface area (Å²) in [7, 11) is 0. The molecule has 0 amide bonds. The molecule has 0 saturated carbocycles. The Balaban J connectivity index is 1.32. The molecule has 8 aromatic rings. The maximum atomic E-state index is 9.35. The molecule has 3 heteroatoms. The number of nitrogens with one attached hydrogen (secondary N) is 1. The molecule has 8 rings (SSSR count). The number of fused-ring (bicyclic) bond motifs is 5. The Bertz CT molecular complexity index is 2280. The third-order valence-electron chi connectivity index (χ3n) is 8.11. The lowest BCUT2D eigenvalue weighted by atomic mass is 9.90. The van der Waals surface area contributed by atoms with Crippen LogP contribution >= 0.6 is 0 Å². The number of hydrogen-bond donors (Lipinski definition) is 1. The second-order valence-electron chi connectivity index (χ2n) is 10.5. The molecule has 0 fully saturated rings. The largest absolute Gasteiger partial charge is 0.456 e. The van der Waals surface area contributed by atoms with Crippen molar-refractivity contribution < 1.29 is 4.42 Å². The minimum Gasteiger partial charge on any atom is -0.456 e. The van der Waals surface area contributed by atoms with Gasteiger partial charge in [-0.3, -0.25) is 0 Å². The molecule has 0 spiro atoms. The van der Waals surface area contributed by atoms with Gasteiger partial charge in [-0.1, -0.05) is 103 Å². The highest BCUT2D eigenvalue weighted by Gasteiger charge is 2.17. The van der Waals surface area contributed by atoms with Crippen LogP contribution < -0.4 is 5.32 Å². The monoisotopic (exact) mass is 536 g/mol. The molecule has 0 radical (unpaired) electrons. The number of benzene rings is 7. The average Bonchev–Trinajstić information content (AvgIpc) is 3.43. The van der Waals surface area contributed by atoms with E-state index in [0.29, 0.717) is 5.56 Å². The van der Waals surface area contributed by atoms with Crippen molar-refractivity contribution in [3.8, 4) is 28.3 Å². The van der Waals surface area contributed by atoms with Crippen molar-refractivity contribution in [3.05, 3.63) is 145 Å². The Hall–Kier alpha value is -5.85. The van der Waals surface area contributed by atoms with Gasteiger partial charge in [0.2, 0.25) is 0 Å². The maximum Gasteiger partial charge on any atom is 0.136 e. The number of hydrogen-bond acceptors (Lipinski definition) is 3. The van der Waals surface area contributed by atoms with Crippen molar-refractivity contribution in [2.24, 2.45) is 0 Å². The molecule has 0 saturated heterocycles. The van der Waals surface area contributed by atoms with E-state index in [0.717, 1.165) is 71.5 Å². The van der Waals surface area contributed by atoms with E-state index in [9.17, 15) is 5.26 Å². The zero-order valence-electron chi connectivity index (χ0n) is 22.6. The topological polar surface area (TPSA) is 49.0 Å². The van der Waals surface area contributed by atoms with E-state index in [-0.39, 0.29) is 0 Å². The summed E-state index contributed by atoms with van der Waals surface area (Å²) in [5.74, 6) is 0. The normalized spacial score (nSPS) is 11.3. The lowest BCUT2D eigenvalue weighted by Crippen LogP contribution is -1.97. The van der Waals surface area contributed by atoms with Crippen LogP contribution in [-0.4, -0.2) is 0 Å². The van der Waals surface area contributed by atoms with E-state index < -0.39 is 0 Å². The highest BCUT2D eigenvalue weighted by atomic mass is 16.3. The van der Waals surface area contributed by atoms with Crippen LogP contribution in [0.3, 0.4) is 0 Å². The summed E-state index contributed by atoms with van der Waals surface area (Å²) in [6, 6.07) is 50.3. The summed E-state index contributed by atoms with van der Waals surface area (Å²) < 4.78 is 6.22. The van der Waals surface area contributed by atoms with Crippen LogP contribution in [0.5, 0.6) is 0 Å². The quantitative estimate of drug-likeness (QED) is 0.228. The van der Waals surface area contributed by atoms with E-state index in [1.54, 1.807) is 0 Å². The molecule has 0 atom stereocenters. The van der Waals surface area contributed by atoms with E-state index in [2.05, 4.69) is 108 Å². The van der Waals surface area contributed by atoms with Gasteiger partial charge in [0.15, 0.2) is 0 Å². The maximum absolute atomic E-state index is 9.35. The number of nitriles is 1. The van der Waals surface area contributed by atoms with E-state index in [1.807, 2.05) is 42.5 Å². The molecule has 1 N–H and O–H groups in total. The van der Waals surface area contributed by atoms with Crippen molar-refractivity contribution >= 4 is 54.9 Å². The highest BCUT2D eigenvalue weighted by molar-refractivity contribution is 6.21. The molecule has 1 heterocycles. The van der Waals surface area contributed by atoms with Crippen molar-refractivity contribution in [2.75, 3.05) is 5.32 Å². The molecule has 0 aliphatic rings. The van der Waals surface area contributed by atoms with Gasteiger partial charge in [0, 0.05) is 32.8 Å². The van der Waals surface area contributed by atoms with Gasteiger partial charge in [-0.25, -0.2) is 0 Å². The summed E-state index contributed by atoms with van der Waals surface area (Å²) in [5, 5.41) is 20.0. The van der Waals surface area contributed by atoms with Crippen LogP contribution in [0.2, 0.25) is 0 Å². The summed E-state index contributed by atoms with van der Waals surface area (Å²) >= 11 is 0. The van der Waals surface area contributed by atoms with E-state index >= 15 is 0 Å². The predicted molar refractivity (Wildman–Crippen MR) is 174 cm³/mol. The zero-order valence-corrected chi connectivity index (χ0v) is 22.6. The van der Waals surface area contributed by atoms with Crippen LogP contribution in [0.25, 0.3) is 65.7 Å². The Morgan fingerprint density at radius 1 is 0.500 bits per heavy atom. The lowest BCUT2D eigenvalue weighted by Gasteiger charge is -2.20. The number of rotatable bonds is 4. The van der Waals surface area contributed by atoms with Crippen molar-refractivity contribution in [1.82, 2.24) is 0 Å². The minimum absolute atomic E-state index is 0.656. The molecular formula is C39H24N2O. The molecule has 0 aliphatic carbocycles. The summed E-state index contributed by atoms with van der Waals surface area (Å²) in [6.07, 6.45) is 0. The Labute approximate surface area is 242 Å². The van der Waals surface area contributed by atoms with Gasteiger partial charge >= 0.3 is 0 Å².